The number of hydrogen-bond acceptors (Lipinski definition) is 2. The second-order valence-electron chi connectivity index (χ2n) is 3.23. The minimum absolute atomic E-state index is 0.0492. The normalized spacial score (nSPS) is 13.1. The number of halogens is 1. The molecule has 1 aromatic heterocycles. The van der Waals surface area contributed by atoms with E-state index in [1.807, 2.05) is 6.92 Å². The van der Waals surface area contributed by atoms with Crippen LogP contribution in [-0.2, 0) is 13.1 Å². The Hall–Kier alpha value is -0.550. The predicted molar refractivity (Wildman–Crippen MR) is 58.8 cm³/mol. The van der Waals surface area contributed by atoms with Crippen molar-refractivity contribution in [3.8, 4) is 0 Å². The lowest BCUT2D eigenvalue weighted by molar-refractivity contribution is 0.177. The summed E-state index contributed by atoms with van der Waals surface area (Å²) >= 11 is 3.16. The van der Waals surface area contributed by atoms with Gasteiger partial charge in [-0.25, -0.2) is 4.79 Å². The number of aliphatic hydroxyl groups is 1. The maximum atomic E-state index is 11.6. The van der Waals surface area contributed by atoms with E-state index >= 15 is 0 Å². The van der Waals surface area contributed by atoms with E-state index in [1.165, 1.54) is 4.57 Å². The number of alkyl halides is 1. The van der Waals surface area contributed by atoms with Gasteiger partial charge >= 0.3 is 5.69 Å². The van der Waals surface area contributed by atoms with Gasteiger partial charge in [0.15, 0.2) is 0 Å². The number of rotatable bonds is 5. The Morgan fingerprint density at radius 2 is 2.14 bits per heavy atom. The minimum Gasteiger partial charge on any atom is -0.390 e. The van der Waals surface area contributed by atoms with Crippen LogP contribution in [0.4, 0.5) is 0 Å². The molecule has 4 nitrogen and oxygen atoms in total. The van der Waals surface area contributed by atoms with Crippen molar-refractivity contribution >= 4 is 15.9 Å². The number of imidazole rings is 1. The number of aryl methyl sites for hydroxylation is 1. The van der Waals surface area contributed by atoms with E-state index in [2.05, 4.69) is 15.9 Å². The van der Waals surface area contributed by atoms with Crippen LogP contribution >= 0.6 is 15.9 Å². The zero-order valence-corrected chi connectivity index (χ0v) is 9.77. The Morgan fingerprint density at radius 1 is 1.50 bits per heavy atom. The van der Waals surface area contributed by atoms with Gasteiger partial charge in [0.25, 0.3) is 0 Å². The van der Waals surface area contributed by atoms with Gasteiger partial charge in [0.2, 0.25) is 0 Å². The van der Waals surface area contributed by atoms with Crippen LogP contribution in [0.15, 0.2) is 17.2 Å². The van der Waals surface area contributed by atoms with E-state index < -0.39 is 6.10 Å². The van der Waals surface area contributed by atoms with Gasteiger partial charge in [0.1, 0.15) is 0 Å². The van der Waals surface area contributed by atoms with Crippen LogP contribution in [0.1, 0.15) is 13.3 Å². The molecular formula is C9H15BrN2O2. The lowest BCUT2D eigenvalue weighted by Gasteiger charge is -2.06. The predicted octanol–water partition coefficient (Wildman–Crippen LogP) is 0.816. The van der Waals surface area contributed by atoms with Crippen molar-refractivity contribution in [2.75, 3.05) is 5.33 Å². The molecule has 0 aliphatic rings. The first kappa shape index (κ1) is 11.5. The van der Waals surface area contributed by atoms with Crippen LogP contribution in [0, 0.1) is 0 Å². The summed E-state index contributed by atoms with van der Waals surface area (Å²) in [6.07, 6.45) is 3.90. The molecule has 0 radical (unpaired) electrons. The zero-order valence-electron chi connectivity index (χ0n) is 8.19. The summed E-state index contributed by atoms with van der Waals surface area (Å²) in [6, 6.07) is 0. The fourth-order valence-corrected chi connectivity index (χ4v) is 1.48. The minimum atomic E-state index is -0.509. The molecule has 0 fully saturated rings. The second-order valence-corrected chi connectivity index (χ2v) is 3.88. The molecule has 0 bridgehead atoms. The molecule has 0 saturated carbocycles. The van der Waals surface area contributed by atoms with Gasteiger partial charge in [-0.15, -0.1) is 0 Å². The van der Waals surface area contributed by atoms with Gasteiger partial charge < -0.3 is 5.11 Å². The SMILES string of the molecule is CCCn1ccn(CC(O)CBr)c1=O. The first-order chi connectivity index (χ1) is 6.69. The summed E-state index contributed by atoms with van der Waals surface area (Å²) in [7, 11) is 0. The fourth-order valence-electron chi connectivity index (χ4n) is 1.28. The van der Waals surface area contributed by atoms with Gasteiger partial charge in [-0.1, -0.05) is 22.9 Å². The van der Waals surface area contributed by atoms with E-state index in [0.717, 1.165) is 13.0 Å². The van der Waals surface area contributed by atoms with Crippen molar-refractivity contribution in [1.29, 1.82) is 0 Å². The molecule has 80 valence electrons. The van der Waals surface area contributed by atoms with Crippen molar-refractivity contribution in [3.05, 3.63) is 22.9 Å². The number of aliphatic hydroxyl groups excluding tert-OH is 1. The van der Waals surface area contributed by atoms with Crippen LogP contribution in [0.3, 0.4) is 0 Å². The van der Waals surface area contributed by atoms with Crippen molar-refractivity contribution in [2.45, 2.75) is 32.5 Å². The summed E-state index contributed by atoms with van der Waals surface area (Å²) in [4.78, 5) is 11.6. The number of nitrogens with zero attached hydrogens (tertiary/aromatic N) is 2. The molecule has 1 N–H and O–H groups in total. The standard InChI is InChI=1S/C9H15BrN2O2/c1-2-3-11-4-5-12(9(11)14)7-8(13)6-10/h4-5,8,13H,2-3,6-7H2,1H3. The molecule has 0 aromatic carbocycles. The zero-order chi connectivity index (χ0) is 10.6. The second kappa shape index (κ2) is 5.36. The third kappa shape index (κ3) is 2.72. The summed E-state index contributed by atoms with van der Waals surface area (Å²) in [5, 5.41) is 9.84. The van der Waals surface area contributed by atoms with Gasteiger partial charge in [0, 0.05) is 24.3 Å². The lowest BCUT2D eigenvalue weighted by Crippen LogP contribution is -2.28. The first-order valence-electron chi connectivity index (χ1n) is 4.68. The van der Waals surface area contributed by atoms with Crippen LogP contribution in [0.25, 0.3) is 0 Å². The number of aromatic nitrogens is 2. The van der Waals surface area contributed by atoms with Gasteiger partial charge in [-0.05, 0) is 6.42 Å². The summed E-state index contributed by atoms with van der Waals surface area (Å²) in [5.41, 5.74) is -0.0492. The van der Waals surface area contributed by atoms with E-state index in [9.17, 15) is 9.90 Å². The molecule has 0 spiro atoms. The fraction of sp³-hybridized carbons (Fsp3) is 0.667. The average molecular weight is 263 g/mol. The Morgan fingerprint density at radius 3 is 2.71 bits per heavy atom. The van der Waals surface area contributed by atoms with Crippen LogP contribution in [0.2, 0.25) is 0 Å². The summed E-state index contributed by atoms with van der Waals surface area (Å²) < 4.78 is 3.18. The number of hydrogen-bond donors (Lipinski definition) is 1. The maximum Gasteiger partial charge on any atom is 0.328 e. The van der Waals surface area contributed by atoms with E-state index in [4.69, 9.17) is 0 Å². The van der Waals surface area contributed by atoms with Crippen molar-refractivity contribution in [2.24, 2.45) is 0 Å². The molecule has 0 aliphatic heterocycles. The van der Waals surface area contributed by atoms with Crippen LogP contribution in [0.5, 0.6) is 0 Å². The molecule has 0 aliphatic carbocycles. The third-order valence-corrected chi connectivity index (χ3v) is 2.72. The van der Waals surface area contributed by atoms with Crippen LogP contribution < -0.4 is 5.69 Å². The Bertz CT molecular complexity index is 332. The Balaban J connectivity index is 2.74. The molecular weight excluding hydrogens is 248 g/mol. The molecule has 1 atom stereocenters. The molecule has 1 aromatic rings. The maximum absolute atomic E-state index is 11.6. The average Bonchev–Trinajstić information content (AvgIpc) is 2.50. The monoisotopic (exact) mass is 262 g/mol. The highest BCUT2D eigenvalue weighted by molar-refractivity contribution is 9.09. The quantitative estimate of drug-likeness (QED) is 0.799. The van der Waals surface area contributed by atoms with E-state index in [-0.39, 0.29) is 5.69 Å². The molecule has 14 heavy (non-hydrogen) atoms. The van der Waals surface area contributed by atoms with Crippen LogP contribution in [-0.4, -0.2) is 25.7 Å². The summed E-state index contributed by atoms with van der Waals surface area (Å²) in [5.74, 6) is 0. The molecule has 0 saturated heterocycles. The summed E-state index contributed by atoms with van der Waals surface area (Å²) in [6.45, 7) is 3.11. The first-order valence-corrected chi connectivity index (χ1v) is 5.80. The van der Waals surface area contributed by atoms with Crippen molar-refractivity contribution in [3.63, 3.8) is 0 Å². The van der Waals surface area contributed by atoms with E-state index in [0.29, 0.717) is 11.9 Å². The smallest absolute Gasteiger partial charge is 0.328 e. The molecule has 5 heteroatoms. The van der Waals surface area contributed by atoms with Crippen molar-refractivity contribution < 1.29 is 5.11 Å². The highest BCUT2D eigenvalue weighted by Gasteiger charge is 2.07. The Labute approximate surface area is 91.3 Å². The molecule has 1 heterocycles. The van der Waals surface area contributed by atoms with E-state index in [1.54, 1.807) is 17.0 Å². The molecule has 1 rings (SSSR count). The third-order valence-electron chi connectivity index (χ3n) is 1.97. The van der Waals surface area contributed by atoms with Gasteiger partial charge in [0.05, 0.1) is 12.6 Å². The van der Waals surface area contributed by atoms with Gasteiger partial charge in [-0.3, -0.25) is 9.13 Å². The highest BCUT2D eigenvalue weighted by atomic mass is 79.9. The molecule has 0 amide bonds. The lowest BCUT2D eigenvalue weighted by atomic mass is 10.4. The largest absolute Gasteiger partial charge is 0.390 e. The highest BCUT2D eigenvalue weighted by Crippen LogP contribution is 1.95. The van der Waals surface area contributed by atoms with Crippen molar-refractivity contribution in [1.82, 2.24) is 9.13 Å². The van der Waals surface area contributed by atoms with Gasteiger partial charge in [-0.2, -0.15) is 0 Å². The Kier molecular flexibility index (Phi) is 4.41. The molecule has 1 unspecified atom stereocenters. The topological polar surface area (TPSA) is 47.2 Å².